The largest absolute Gasteiger partial charge is 0.375 e. The van der Waals surface area contributed by atoms with E-state index in [4.69, 9.17) is 0 Å². The van der Waals surface area contributed by atoms with Crippen LogP contribution in [0.2, 0.25) is 0 Å². The van der Waals surface area contributed by atoms with Gasteiger partial charge in [0, 0.05) is 43.8 Å². The van der Waals surface area contributed by atoms with Crippen molar-refractivity contribution >= 4 is 61.4 Å². The average molecular weight is 967 g/mol. The normalized spacial score (nSPS) is 42.4. The van der Waals surface area contributed by atoms with Gasteiger partial charge in [0.25, 0.3) is 0 Å². The van der Waals surface area contributed by atoms with E-state index >= 15 is 0 Å². The van der Waals surface area contributed by atoms with Gasteiger partial charge in [-0.25, -0.2) is 0 Å². The second-order valence-electron chi connectivity index (χ2n) is 31.5. The van der Waals surface area contributed by atoms with Gasteiger partial charge in [0.05, 0.1) is 11.0 Å². The van der Waals surface area contributed by atoms with Crippen LogP contribution in [-0.2, 0) is 21.7 Å². The molecule has 25 rings (SSSR count). The number of hydrogen-bond donors (Lipinski definition) is 0. The fraction of sp³-hybridized carbons (Fsp3) is 0.577. The Balaban J connectivity index is 0.859. The maximum atomic E-state index is 3.02. The summed E-state index contributed by atoms with van der Waals surface area (Å²) in [6.07, 6.45) is 35.2. The molecule has 0 unspecified atom stereocenters. The van der Waals surface area contributed by atoms with Crippen LogP contribution in [-0.4, -0.2) is 15.9 Å². The molecule has 16 aliphatic carbocycles. The number of hydrogen-bond acceptors (Lipinski definition) is 0. The van der Waals surface area contributed by atoms with Gasteiger partial charge in [-0.05, 0) is 347 Å². The Morgan fingerprint density at radius 2 is 0.743 bits per heavy atom. The van der Waals surface area contributed by atoms with Crippen LogP contribution >= 0.6 is 0 Å². The van der Waals surface area contributed by atoms with E-state index in [1.54, 1.807) is 76.9 Å². The van der Waals surface area contributed by atoms with Crippen LogP contribution in [0.4, 0.5) is 0 Å². The minimum atomic E-state index is 0.152. The van der Waals surface area contributed by atoms with Crippen molar-refractivity contribution in [2.45, 2.75) is 183 Å². The van der Waals surface area contributed by atoms with Crippen molar-refractivity contribution in [1.29, 1.82) is 0 Å². The Bertz CT molecular complexity index is 3610. The minimum absolute atomic E-state index is 0.152. The van der Waals surface area contributed by atoms with E-state index < -0.39 is 0 Å². The molecular formula is C71H75BN2. The molecule has 16 fully saturated rings. The number of nitrogens with zero attached hydrogens (tertiary/aromatic N) is 2. The molecule has 5 aromatic carbocycles. The summed E-state index contributed by atoms with van der Waals surface area (Å²) in [6, 6.07) is 33.4. The van der Waals surface area contributed by atoms with Crippen LogP contribution in [0.15, 0.2) is 72.8 Å². The van der Waals surface area contributed by atoms with Gasteiger partial charge in [-0.15, -0.1) is 0 Å². The highest BCUT2D eigenvalue weighted by molar-refractivity contribution is 6.90. The molecular weight excluding hydrogens is 892 g/mol. The van der Waals surface area contributed by atoms with Gasteiger partial charge in [-0.1, -0.05) is 24.3 Å². The van der Waals surface area contributed by atoms with Crippen LogP contribution in [0.3, 0.4) is 0 Å². The molecule has 0 radical (unpaired) electrons. The molecule has 0 atom stereocenters. The number of aromatic nitrogens is 2. The first kappa shape index (κ1) is 40.9. The monoisotopic (exact) mass is 967 g/mol. The first-order valence-electron chi connectivity index (χ1n) is 31.6. The molecule has 2 aliphatic heterocycles. The summed E-state index contributed by atoms with van der Waals surface area (Å²) in [4.78, 5) is 0. The highest BCUT2D eigenvalue weighted by Gasteiger charge is 2.57. The van der Waals surface area contributed by atoms with Crippen LogP contribution in [0.5, 0.6) is 0 Å². The number of fused-ring (bicyclic) bond motifs is 10. The molecule has 74 heavy (non-hydrogen) atoms. The Kier molecular flexibility index (Phi) is 7.29. The predicted molar refractivity (Wildman–Crippen MR) is 304 cm³/mol. The molecule has 0 amide bonds. The Hall–Kier alpha value is -4.24. The van der Waals surface area contributed by atoms with Gasteiger partial charge in [-0.3, -0.25) is 0 Å². The van der Waals surface area contributed by atoms with Crippen molar-refractivity contribution in [3.8, 4) is 16.8 Å². The number of rotatable bonds is 4. The van der Waals surface area contributed by atoms with Crippen molar-refractivity contribution in [2.24, 2.45) is 71.0 Å². The lowest BCUT2D eigenvalue weighted by Gasteiger charge is -2.57. The third kappa shape index (κ3) is 5.00. The lowest BCUT2D eigenvalue weighted by molar-refractivity contribution is -0.00527. The Morgan fingerprint density at radius 3 is 1.20 bits per heavy atom. The standard InChI is InChI=1S/C71H75BN2/c1-38-6-57-60-23-53(70-32-45-14-46(33-70)16-47(15-45)34-70)22-58-56-21-52(69-29-42-11-43(30-69)13-44(12-42)31-69)3-5-63(56)74(66(58)60)72-61-25-54(71-35-48-17-49(36-71)19-50(18-48)37-71)24-59-55-20-51(68-26-39-8-40(27-68)10-41(9-39)28-68)2-4-62(55)73(67(59)61)64(7-38)65(57)72/h2-7,20-25,39-50H,8-19,26-37H2,1H3. The molecule has 16 saturated carbocycles. The molecule has 0 saturated heterocycles. The smallest absolute Gasteiger partial charge is 0.333 e. The van der Waals surface area contributed by atoms with Gasteiger partial charge in [0.1, 0.15) is 0 Å². The molecule has 2 aromatic heterocycles. The van der Waals surface area contributed by atoms with Crippen LogP contribution in [0.1, 0.15) is 182 Å². The maximum Gasteiger partial charge on any atom is 0.333 e. The van der Waals surface area contributed by atoms with Crippen molar-refractivity contribution in [3.63, 3.8) is 0 Å². The van der Waals surface area contributed by atoms with Crippen LogP contribution in [0.25, 0.3) is 60.4 Å². The number of benzene rings is 5. The molecule has 18 aliphatic rings. The lowest BCUT2D eigenvalue weighted by atomic mass is 9.44. The summed E-state index contributed by atoms with van der Waals surface area (Å²) in [7, 11) is 0. The summed E-state index contributed by atoms with van der Waals surface area (Å²) in [5.74, 6) is 11.3. The molecule has 372 valence electrons. The van der Waals surface area contributed by atoms with E-state index in [-0.39, 0.29) is 6.85 Å². The number of aryl methyl sites for hydroxylation is 1. The quantitative estimate of drug-likeness (QED) is 0.156. The molecule has 0 spiro atoms. The van der Waals surface area contributed by atoms with Crippen LogP contribution < -0.4 is 10.9 Å². The zero-order valence-corrected chi connectivity index (χ0v) is 44.3. The molecule has 0 N–H and O–H groups in total. The van der Waals surface area contributed by atoms with Crippen molar-refractivity contribution in [1.82, 2.24) is 9.05 Å². The van der Waals surface area contributed by atoms with Crippen molar-refractivity contribution < 1.29 is 0 Å². The summed E-state index contributed by atoms with van der Waals surface area (Å²) < 4.78 is 5.89. The van der Waals surface area contributed by atoms with E-state index in [1.165, 1.54) is 176 Å². The third-order valence-corrected chi connectivity index (χ3v) is 27.0. The summed E-state index contributed by atoms with van der Waals surface area (Å²) in [5.41, 5.74) is 23.6. The average Bonchev–Trinajstić information content (AvgIpc) is 3.95. The lowest BCUT2D eigenvalue weighted by Crippen LogP contribution is -2.56. The SMILES string of the molecule is Cc1cc2c3c(c1)-n1c4ccc(C56CC7CC(CC(C7)C5)C6)cc4c4cc(C56CC7CC(CC(C7)C5)C6)cc(c41)B3n1c3ccc(C45CC6CC(CC(C6)C4)C5)cc3c3cc(C45CC6CC(CC(C6)C4)C5)cc-2c31. The first-order valence-corrected chi connectivity index (χ1v) is 31.6. The van der Waals surface area contributed by atoms with Crippen LogP contribution in [0, 0.1) is 77.9 Å². The summed E-state index contributed by atoms with van der Waals surface area (Å²) in [5, 5.41) is 6.35. The van der Waals surface area contributed by atoms with Gasteiger partial charge in [0.2, 0.25) is 0 Å². The topological polar surface area (TPSA) is 9.86 Å². The van der Waals surface area contributed by atoms with E-state index in [1.807, 2.05) is 0 Å². The van der Waals surface area contributed by atoms with Crippen molar-refractivity contribution in [2.75, 3.05) is 0 Å². The third-order valence-electron chi connectivity index (χ3n) is 27.0. The van der Waals surface area contributed by atoms with E-state index in [0.717, 1.165) is 71.0 Å². The van der Waals surface area contributed by atoms with Gasteiger partial charge in [-0.2, -0.15) is 0 Å². The minimum Gasteiger partial charge on any atom is -0.375 e. The van der Waals surface area contributed by atoms with E-state index in [2.05, 4.69) is 88.8 Å². The second-order valence-corrected chi connectivity index (χ2v) is 31.5. The highest BCUT2D eigenvalue weighted by atomic mass is 15.0. The van der Waals surface area contributed by atoms with Gasteiger partial charge in [0.15, 0.2) is 0 Å². The summed E-state index contributed by atoms with van der Waals surface area (Å²) in [6.45, 7) is 2.59. The zero-order chi connectivity index (χ0) is 47.5. The molecule has 16 bridgehead atoms. The fourth-order valence-electron chi connectivity index (χ4n) is 26.3. The van der Waals surface area contributed by atoms with Crippen molar-refractivity contribution in [3.05, 3.63) is 101 Å². The predicted octanol–water partition coefficient (Wildman–Crippen LogP) is 16.0. The summed E-state index contributed by atoms with van der Waals surface area (Å²) >= 11 is 0. The van der Waals surface area contributed by atoms with E-state index in [0.29, 0.717) is 21.7 Å². The highest BCUT2D eigenvalue weighted by Crippen LogP contribution is 2.66. The first-order chi connectivity index (χ1) is 36.2. The Labute approximate surface area is 439 Å². The Morgan fingerprint density at radius 1 is 0.365 bits per heavy atom. The molecule has 7 aromatic rings. The zero-order valence-electron chi connectivity index (χ0n) is 44.3. The second kappa shape index (κ2) is 13.2. The maximum absolute atomic E-state index is 3.02. The van der Waals surface area contributed by atoms with E-state index in [9.17, 15) is 0 Å². The molecule has 2 nitrogen and oxygen atoms in total. The van der Waals surface area contributed by atoms with Gasteiger partial charge < -0.3 is 9.05 Å². The fourth-order valence-corrected chi connectivity index (χ4v) is 26.3. The molecule has 4 heterocycles. The molecule has 3 heteroatoms. The van der Waals surface area contributed by atoms with Gasteiger partial charge >= 0.3 is 6.85 Å².